The number of β-amino-alcohol motifs (C(OH)–C–C–N with tert-alkyl or cyclic N) is 1. The van der Waals surface area contributed by atoms with Crippen molar-refractivity contribution in [3.05, 3.63) is 53.3 Å². The van der Waals surface area contributed by atoms with Crippen LogP contribution in [0.25, 0.3) is 5.65 Å². The summed E-state index contributed by atoms with van der Waals surface area (Å²) in [4.78, 5) is 22.5. The summed E-state index contributed by atoms with van der Waals surface area (Å²) in [6.45, 7) is 6.16. The zero-order chi connectivity index (χ0) is 23.1. The maximum Gasteiger partial charge on any atom is 0.258 e. The summed E-state index contributed by atoms with van der Waals surface area (Å²) in [6, 6.07) is 9.27. The van der Waals surface area contributed by atoms with Gasteiger partial charge in [-0.2, -0.15) is 5.10 Å². The fourth-order valence-corrected chi connectivity index (χ4v) is 5.08. The zero-order valence-corrected chi connectivity index (χ0v) is 19.4. The lowest BCUT2D eigenvalue weighted by atomic mass is 9.98. The molecule has 2 aromatic heterocycles. The highest BCUT2D eigenvalue weighted by Crippen LogP contribution is 2.34. The third-order valence-electron chi connectivity index (χ3n) is 6.94. The van der Waals surface area contributed by atoms with Gasteiger partial charge in [0, 0.05) is 43.4 Å². The number of hydrogen-bond donors (Lipinski definition) is 1. The Balaban J connectivity index is 1.47. The molecule has 0 bridgehead atoms. The predicted molar refractivity (Wildman–Crippen MR) is 126 cm³/mol. The van der Waals surface area contributed by atoms with E-state index in [1.807, 2.05) is 52.9 Å². The summed E-state index contributed by atoms with van der Waals surface area (Å²) in [5, 5.41) is 15.0. The number of aliphatic hydroxyl groups is 1. The minimum Gasteiger partial charge on any atom is -0.496 e. The topological polar surface area (TPSA) is 83.2 Å². The van der Waals surface area contributed by atoms with E-state index in [0.29, 0.717) is 24.4 Å². The first kappa shape index (κ1) is 21.7. The molecule has 8 heteroatoms. The number of aliphatic hydroxyl groups excluding tert-OH is 1. The monoisotopic (exact) mass is 449 g/mol. The van der Waals surface area contributed by atoms with Crippen LogP contribution in [0, 0.1) is 12.8 Å². The number of piperidine rings is 1. The van der Waals surface area contributed by atoms with Crippen LogP contribution in [0.3, 0.4) is 0 Å². The molecule has 2 fully saturated rings. The standard InChI is InChI=1S/C25H31N5O3/c1-16-13-28(15-21(16)31)24-17(2)14-30-23(26-24)12-19(27-30)20-9-6-7-11-29(20)25(32)18-8-4-5-10-22(18)33-3/h4-5,8,10,12,14,16,20-21,31H,6-7,9,11,13,15H2,1-3H3. The number of nitrogens with zero attached hydrogens (tertiary/aromatic N) is 5. The molecule has 3 unspecified atom stereocenters. The Labute approximate surface area is 193 Å². The van der Waals surface area contributed by atoms with Crippen molar-refractivity contribution in [2.45, 2.75) is 45.3 Å². The van der Waals surface area contributed by atoms with E-state index in [1.54, 1.807) is 7.11 Å². The fraction of sp³-hybridized carbons (Fsp3) is 0.480. The van der Waals surface area contributed by atoms with Gasteiger partial charge in [0.2, 0.25) is 0 Å². The normalized spacial score (nSPS) is 23.3. The molecular formula is C25H31N5O3. The van der Waals surface area contributed by atoms with Gasteiger partial charge in [-0.3, -0.25) is 4.79 Å². The molecule has 2 aliphatic heterocycles. The van der Waals surface area contributed by atoms with Crippen LogP contribution in [0.4, 0.5) is 5.82 Å². The lowest BCUT2D eigenvalue weighted by Gasteiger charge is -2.35. The summed E-state index contributed by atoms with van der Waals surface area (Å²) >= 11 is 0. The van der Waals surface area contributed by atoms with Crippen molar-refractivity contribution in [3.63, 3.8) is 0 Å². The molecule has 1 amide bonds. The number of anilines is 1. The van der Waals surface area contributed by atoms with Gasteiger partial charge in [-0.25, -0.2) is 9.50 Å². The van der Waals surface area contributed by atoms with Gasteiger partial charge in [0.15, 0.2) is 5.65 Å². The van der Waals surface area contributed by atoms with E-state index in [9.17, 15) is 9.90 Å². The first-order chi connectivity index (χ1) is 16.0. The number of hydrogen-bond acceptors (Lipinski definition) is 6. The van der Waals surface area contributed by atoms with E-state index < -0.39 is 0 Å². The second kappa shape index (κ2) is 8.67. The summed E-state index contributed by atoms with van der Waals surface area (Å²) in [5.41, 5.74) is 3.21. The molecule has 0 radical (unpaired) electrons. The van der Waals surface area contributed by atoms with Gasteiger partial charge in [0.05, 0.1) is 30.5 Å². The molecule has 3 atom stereocenters. The molecule has 0 aliphatic carbocycles. The Kier molecular flexibility index (Phi) is 5.70. The van der Waals surface area contributed by atoms with Gasteiger partial charge >= 0.3 is 0 Å². The second-order valence-electron chi connectivity index (χ2n) is 9.28. The number of carbonyl (C=O) groups is 1. The Morgan fingerprint density at radius 3 is 2.79 bits per heavy atom. The number of carbonyl (C=O) groups excluding carboxylic acids is 1. The van der Waals surface area contributed by atoms with Crippen LogP contribution < -0.4 is 9.64 Å². The highest BCUT2D eigenvalue weighted by atomic mass is 16.5. The van der Waals surface area contributed by atoms with E-state index >= 15 is 0 Å². The van der Waals surface area contributed by atoms with Crippen molar-refractivity contribution >= 4 is 17.4 Å². The van der Waals surface area contributed by atoms with E-state index in [2.05, 4.69) is 11.8 Å². The molecule has 4 heterocycles. The van der Waals surface area contributed by atoms with Crippen LogP contribution >= 0.6 is 0 Å². The molecule has 2 saturated heterocycles. The van der Waals surface area contributed by atoms with Crippen LogP contribution in [0.1, 0.15) is 53.8 Å². The molecule has 1 aromatic carbocycles. The number of benzene rings is 1. The van der Waals surface area contributed by atoms with E-state index in [-0.39, 0.29) is 24.0 Å². The van der Waals surface area contributed by atoms with Crippen molar-refractivity contribution < 1.29 is 14.6 Å². The van der Waals surface area contributed by atoms with Crippen LogP contribution in [-0.4, -0.2) is 63.4 Å². The second-order valence-corrected chi connectivity index (χ2v) is 9.28. The lowest BCUT2D eigenvalue weighted by molar-refractivity contribution is 0.0602. The molecular weight excluding hydrogens is 418 g/mol. The summed E-state index contributed by atoms with van der Waals surface area (Å²) in [6.07, 6.45) is 4.55. The lowest BCUT2D eigenvalue weighted by Crippen LogP contribution is -2.38. The minimum atomic E-state index is -0.334. The number of fused-ring (bicyclic) bond motifs is 1. The Morgan fingerprint density at radius 2 is 2.03 bits per heavy atom. The van der Waals surface area contributed by atoms with Crippen LogP contribution in [-0.2, 0) is 0 Å². The molecule has 1 N–H and O–H groups in total. The molecule has 3 aromatic rings. The Hall–Kier alpha value is -3.13. The Bertz CT molecular complexity index is 1170. The van der Waals surface area contributed by atoms with Crippen molar-refractivity contribution in [1.29, 1.82) is 0 Å². The number of para-hydroxylation sites is 1. The number of ether oxygens (including phenoxy) is 1. The van der Waals surface area contributed by atoms with E-state index in [4.69, 9.17) is 14.8 Å². The highest BCUT2D eigenvalue weighted by molar-refractivity contribution is 5.97. The number of likely N-dealkylation sites (tertiary alicyclic amines) is 1. The van der Waals surface area contributed by atoms with Crippen molar-refractivity contribution in [3.8, 4) is 5.75 Å². The van der Waals surface area contributed by atoms with Gasteiger partial charge in [0.25, 0.3) is 5.91 Å². The maximum atomic E-state index is 13.5. The molecule has 2 aliphatic rings. The number of rotatable bonds is 4. The number of aryl methyl sites for hydroxylation is 1. The van der Waals surface area contributed by atoms with Crippen molar-refractivity contribution in [1.82, 2.24) is 19.5 Å². The van der Waals surface area contributed by atoms with E-state index in [0.717, 1.165) is 48.5 Å². The maximum absolute atomic E-state index is 13.5. The molecule has 33 heavy (non-hydrogen) atoms. The molecule has 8 nitrogen and oxygen atoms in total. The van der Waals surface area contributed by atoms with E-state index in [1.165, 1.54) is 0 Å². The predicted octanol–water partition coefficient (Wildman–Crippen LogP) is 3.23. The van der Waals surface area contributed by atoms with Gasteiger partial charge in [-0.1, -0.05) is 19.1 Å². The Morgan fingerprint density at radius 1 is 1.21 bits per heavy atom. The summed E-state index contributed by atoms with van der Waals surface area (Å²) in [7, 11) is 1.59. The highest BCUT2D eigenvalue weighted by Gasteiger charge is 2.33. The van der Waals surface area contributed by atoms with Crippen LogP contribution in [0.5, 0.6) is 5.75 Å². The third kappa shape index (κ3) is 3.93. The van der Waals surface area contributed by atoms with Gasteiger partial charge in [-0.15, -0.1) is 0 Å². The quantitative estimate of drug-likeness (QED) is 0.659. The molecule has 174 valence electrons. The average Bonchev–Trinajstić information content (AvgIpc) is 3.40. The van der Waals surface area contributed by atoms with Gasteiger partial charge in [0.1, 0.15) is 11.6 Å². The number of aromatic nitrogens is 3. The molecule has 0 spiro atoms. The van der Waals surface area contributed by atoms with Crippen molar-refractivity contribution in [2.24, 2.45) is 5.92 Å². The summed E-state index contributed by atoms with van der Waals surface area (Å²) < 4.78 is 7.25. The first-order valence-corrected chi connectivity index (χ1v) is 11.7. The first-order valence-electron chi connectivity index (χ1n) is 11.7. The van der Waals surface area contributed by atoms with Gasteiger partial charge < -0.3 is 19.6 Å². The fourth-order valence-electron chi connectivity index (χ4n) is 5.08. The van der Waals surface area contributed by atoms with Crippen LogP contribution in [0.15, 0.2) is 36.5 Å². The molecule has 0 saturated carbocycles. The summed E-state index contributed by atoms with van der Waals surface area (Å²) in [5.74, 6) is 1.67. The zero-order valence-electron chi connectivity index (χ0n) is 19.4. The minimum absolute atomic E-state index is 0.0286. The third-order valence-corrected chi connectivity index (χ3v) is 6.94. The SMILES string of the molecule is COc1ccccc1C(=O)N1CCCCC1c1cc2nc(N3CC(C)C(O)C3)c(C)cn2n1. The van der Waals surface area contributed by atoms with Crippen molar-refractivity contribution in [2.75, 3.05) is 31.6 Å². The van der Waals surface area contributed by atoms with Crippen LogP contribution in [0.2, 0.25) is 0 Å². The largest absolute Gasteiger partial charge is 0.496 e. The smallest absolute Gasteiger partial charge is 0.258 e. The number of amides is 1. The number of methoxy groups -OCH3 is 1. The van der Waals surface area contributed by atoms with Gasteiger partial charge in [-0.05, 0) is 38.3 Å². The average molecular weight is 450 g/mol. The molecule has 5 rings (SSSR count).